The second-order valence-corrected chi connectivity index (χ2v) is 9.54. The van der Waals surface area contributed by atoms with Gasteiger partial charge in [0.1, 0.15) is 11.6 Å². The van der Waals surface area contributed by atoms with E-state index in [1.807, 2.05) is 4.90 Å². The first-order chi connectivity index (χ1) is 17.0. The fourth-order valence-corrected chi connectivity index (χ4v) is 5.07. The SMILES string of the molecule is O=C(O)NC[C@H]1CN(C(=O)C2CCN(c3ccc(C(F)(F)F)cn3)CC2)C[C@H]1c1ccc(Cl)c(F)c1. The molecule has 2 aliphatic heterocycles. The smallest absolute Gasteiger partial charge is 0.417 e. The Labute approximate surface area is 210 Å². The predicted octanol–water partition coefficient (Wildman–Crippen LogP) is 4.62. The van der Waals surface area contributed by atoms with Crippen LogP contribution in [0.4, 0.5) is 28.2 Å². The zero-order chi connectivity index (χ0) is 26.0. The summed E-state index contributed by atoms with van der Waals surface area (Å²) in [4.78, 5) is 31.8. The van der Waals surface area contributed by atoms with Gasteiger partial charge in [0.2, 0.25) is 5.91 Å². The number of nitrogens with zero attached hydrogens (tertiary/aromatic N) is 3. The first-order valence-corrected chi connectivity index (χ1v) is 11.9. The lowest BCUT2D eigenvalue weighted by atomic mass is 9.89. The van der Waals surface area contributed by atoms with Gasteiger partial charge in [0.25, 0.3) is 0 Å². The number of alkyl halides is 3. The Hall–Kier alpha value is -3.08. The molecule has 2 saturated heterocycles. The summed E-state index contributed by atoms with van der Waals surface area (Å²) in [6, 6.07) is 6.79. The molecule has 36 heavy (non-hydrogen) atoms. The first kappa shape index (κ1) is 26.0. The number of amides is 2. The van der Waals surface area contributed by atoms with Gasteiger partial charge in [-0.25, -0.2) is 14.2 Å². The maximum atomic E-state index is 14.1. The number of likely N-dealkylation sites (tertiary alicyclic amines) is 1. The number of aromatic nitrogens is 1. The van der Waals surface area contributed by atoms with E-state index in [2.05, 4.69) is 10.3 Å². The average Bonchev–Trinajstić information content (AvgIpc) is 3.28. The van der Waals surface area contributed by atoms with Crippen molar-refractivity contribution in [3.63, 3.8) is 0 Å². The quantitative estimate of drug-likeness (QED) is 0.553. The Morgan fingerprint density at radius 3 is 2.44 bits per heavy atom. The molecule has 12 heteroatoms. The number of hydrogen-bond donors (Lipinski definition) is 2. The highest BCUT2D eigenvalue weighted by atomic mass is 35.5. The maximum absolute atomic E-state index is 14.1. The van der Waals surface area contributed by atoms with Gasteiger partial charge in [0.05, 0.1) is 10.6 Å². The van der Waals surface area contributed by atoms with E-state index in [-0.39, 0.29) is 35.2 Å². The summed E-state index contributed by atoms with van der Waals surface area (Å²) in [5.74, 6) is -0.976. The van der Waals surface area contributed by atoms with Gasteiger partial charge in [-0.05, 0) is 42.7 Å². The molecule has 2 aliphatic rings. The third kappa shape index (κ3) is 5.83. The molecule has 0 saturated carbocycles. The van der Waals surface area contributed by atoms with Gasteiger partial charge in [-0.3, -0.25) is 4.79 Å². The van der Waals surface area contributed by atoms with Crippen LogP contribution in [0.3, 0.4) is 0 Å². The predicted molar refractivity (Wildman–Crippen MR) is 124 cm³/mol. The molecule has 1 aromatic carbocycles. The summed E-state index contributed by atoms with van der Waals surface area (Å²) in [5, 5.41) is 11.4. The largest absolute Gasteiger partial charge is 0.465 e. The summed E-state index contributed by atoms with van der Waals surface area (Å²) >= 11 is 5.80. The van der Waals surface area contributed by atoms with Crippen LogP contribution in [-0.2, 0) is 11.0 Å². The fourth-order valence-electron chi connectivity index (χ4n) is 4.95. The van der Waals surface area contributed by atoms with Gasteiger partial charge >= 0.3 is 12.3 Å². The van der Waals surface area contributed by atoms with Crippen molar-refractivity contribution in [2.75, 3.05) is 37.6 Å². The van der Waals surface area contributed by atoms with Crippen LogP contribution in [0.15, 0.2) is 36.5 Å². The number of carbonyl (C=O) groups is 2. The number of anilines is 1. The molecule has 2 aromatic rings. The number of benzene rings is 1. The Morgan fingerprint density at radius 2 is 1.86 bits per heavy atom. The van der Waals surface area contributed by atoms with Crippen LogP contribution in [0.5, 0.6) is 0 Å². The lowest BCUT2D eigenvalue weighted by Crippen LogP contribution is -2.42. The minimum absolute atomic E-state index is 0.0146. The van der Waals surface area contributed by atoms with Gasteiger partial charge in [-0.2, -0.15) is 13.2 Å². The van der Waals surface area contributed by atoms with E-state index < -0.39 is 23.7 Å². The van der Waals surface area contributed by atoms with E-state index in [1.165, 1.54) is 18.2 Å². The first-order valence-electron chi connectivity index (χ1n) is 11.5. The van der Waals surface area contributed by atoms with Crippen LogP contribution >= 0.6 is 11.6 Å². The van der Waals surface area contributed by atoms with Crippen molar-refractivity contribution in [2.45, 2.75) is 24.9 Å². The molecular weight excluding hydrogens is 504 g/mol. The summed E-state index contributed by atoms with van der Waals surface area (Å²) in [6.45, 7) is 1.71. The van der Waals surface area contributed by atoms with Crippen molar-refractivity contribution in [1.29, 1.82) is 0 Å². The molecule has 0 radical (unpaired) electrons. The fraction of sp³-hybridized carbons (Fsp3) is 0.458. The highest BCUT2D eigenvalue weighted by Gasteiger charge is 2.39. The zero-order valence-corrected chi connectivity index (χ0v) is 19.9. The lowest BCUT2D eigenvalue weighted by molar-refractivity contribution is -0.138. The van der Waals surface area contributed by atoms with E-state index in [4.69, 9.17) is 16.7 Å². The molecule has 2 atom stereocenters. The van der Waals surface area contributed by atoms with Crippen molar-refractivity contribution in [3.05, 3.63) is 58.5 Å². The van der Waals surface area contributed by atoms with Gasteiger partial charge in [0, 0.05) is 56.7 Å². The molecule has 2 N–H and O–H groups in total. The van der Waals surface area contributed by atoms with Gasteiger partial charge in [-0.1, -0.05) is 17.7 Å². The Morgan fingerprint density at radius 1 is 1.14 bits per heavy atom. The van der Waals surface area contributed by atoms with Crippen LogP contribution in [-0.4, -0.2) is 59.7 Å². The number of pyridine rings is 1. The number of carbonyl (C=O) groups excluding carboxylic acids is 1. The van der Waals surface area contributed by atoms with Gasteiger partial charge in [0.15, 0.2) is 0 Å². The summed E-state index contributed by atoms with van der Waals surface area (Å²) < 4.78 is 52.4. The third-order valence-electron chi connectivity index (χ3n) is 6.88. The van der Waals surface area contributed by atoms with E-state index >= 15 is 0 Å². The van der Waals surface area contributed by atoms with Crippen LogP contribution in [0.25, 0.3) is 0 Å². The molecule has 3 heterocycles. The molecule has 4 rings (SSSR count). The Bertz CT molecular complexity index is 1110. The molecule has 7 nitrogen and oxygen atoms in total. The molecular formula is C24H25ClF4N4O3. The minimum Gasteiger partial charge on any atom is -0.465 e. The third-order valence-corrected chi connectivity index (χ3v) is 7.19. The van der Waals surface area contributed by atoms with Gasteiger partial charge < -0.3 is 20.2 Å². The summed E-state index contributed by atoms with van der Waals surface area (Å²) in [6.07, 6.45) is -3.80. The number of hydrogen-bond acceptors (Lipinski definition) is 4. The van der Waals surface area contributed by atoms with Gasteiger partial charge in [-0.15, -0.1) is 0 Å². The van der Waals surface area contributed by atoms with Crippen LogP contribution in [0, 0.1) is 17.7 Å². The average molecular weight is 529 g/mol. The highest BCUT2D eigenvalue weighted by Crippen LogP contribution is 2.36. The maximum Gasteiger partial charge on any atom is 0.417 e. The van der Waals surface area contributed by atoms with Crippen LogP contribution < -0.4 is 10.2 Å². The summed E-state index contributed by atoms with van der Waals surface area (Å²) in [5.41, 5.74) is -0.167. The molecule has 0 unspecified atom stereocenters. The molecule has 0 aliphatic carbocycles. The van der Waals surface area contributed by atoms with Crippen molar-refractivity contribution in [2.24, 2.45) is 11.8 Å². The monoisotopic (exact) mass is 528 g/mol. The second-order valence-electron chi connectivity index (χ2n) is 9.13. The van der Waals surface area contributed by atoms with Crippen LogP contribution in [0.1, 0.15) is 29.9 Å². The standard InChI is InChI=1S/C24H25ClF4N4O3/c25-19-3-1-15(9-20(19)26)18-13-33(12-16(18)10-31-23(35)36)22(34)14-5-7-32(8-6-14)21-4-2-17(11-30-21)24(27,28)29/h1-4,9,11,14,16,18,31H,5-8,10,12-13H2,(H,35,36)/t16-,18-/m0/s1. The Kier molecular flexibility index (Phi) is 7.58. The van der Waals surface area contributed by atoms with E-state index in [9.17, 15) is 27.2 Å². The minimum atomic E-state index is -4.45. The van der Waals surface area contributed by atoms with Crippen molar-refractivity contribution in [3.8, 4) is 0 Å². The highest BCUT2D eigenvalue weighted by molar-refractivity contribution is 6.30. The zero-order valence-electron chi connectivity index (χ0n) is 19.1. The van der Waals surface area contributed by atoms with E-state index in [1.54, 1.807) is 11.0 Å². The number of nitrogens with one attached hydrogen (secondary N) is 1. The number of carboxylic acid groups (broad SMARTS) is 1. The second kappa shape index (κ2) is 10.5. The molecule has 0 bridgehead atoms. The topological polar surface area (TPSA) is 85.8 Å². The molecule has 0 spiro atoms. The van der Waals surface area contributed by atoms with Crippen LogP contribution in [0.2, 0.25) is 5.02 Å². The number of rotatable bonds is 5. The molecule has 2 amide bonds. The van der Waals surface area contributed by atoms with E-state index in [0.29, 0.717) is 50.4 Å². The number of halogens is 5. The van der Waals surface area contributed by atoms with Crippen molar-refractivity contribution >= 4 is 29.4 Å². The van der Waals surface area contributed by atoms with Crippen molar-refractivity contribution < 1.29 is 32.3 Å². The lowest BCUT2D eigenvalue weighted by Gasteiger charge is -2.34. The molecule has 1 aromatic heterocycles. The van der Waals surface area contributed by atoms with E-state index in [0.717, 1.165) is 12.3 Å². The van der Waals surface area contributed by atoms with Crippen molar-refractivity contribution in [1.82, 2.24) is 15.2 Å². The summed E-state index contributed by atoms with van der Waals surface area (Å²) in [7, 11) is 0. The molecule has 194 valence electrons. The number of piperidine rings is 1. The normalized spacial score (nSPS) is 21.0. The molecule has 2 fully saturated rings. The Balaban J connectivity index is 1.40.